The molecule has 0 saturated carbocycles. The van der Waals surface area contributed by atoms with Gasteiger partial charge >= 0.3 is 5.97 Å². The molecule has 0 aliphatic carbocycles. The first kappa shape index (κ1) is 20.0. The number of nitriles is 1. The van der Waals surface area contributed by atoms with Gasteiger partial charge in [-0.1, -0.05) is 12.1 Å². The molecule has 1 fully saturated rings. The summed E-state index contributed by atoms with van der Waals surface area (Å²) in [6.07, 6.45) is 2.39. The lowest BCUT2D eigenvalue weighted by Gasteiger charge is -2.31. The van der Waals surface area contributed by atoms with Crippen molar-refractivity contribution in [2.75, 3.05) is 25.0 Å². The molecule has 2 aliphatic heterocycles. The van der Waals surface area contributed by atoms with Gasteiger partial charge in [0.15, 0.2) is 0 Å². The third-order valence-electron chi connectivity index (χ3n) is 5.78. The Morgan fingerprint density at radius 3 is 2.80 bits per heavy atom. The fraction of sp³-hybridized carbons (Fsp3) is 0.348. The van der Waals surface area contributed by atoms with Crippen LogP contribution in [-0.4, -0.2) is 36.4 Å². The molecule has 0 atom stereocenters. The zero-order valence-corrected chi connectivity index (χ0v) is 16.5. The molecule has 0 radical (unpaired) electrons. The van der Waals surface area contributed by atoms with Crippen LogP contribution in [0.4, 0.5) is 10.1 Å². The lowest BCUT2D eigenvalue weighted by Crippen LogP contribution is -2.39. The zero-order valence-electron chi connectivity index (χ0n) is 16.5. The molecule has 0 spiro atoms. The van der Waals surface area contributed by atoms with Gasteiger partial charge in [-0.2, -0.15) is 5.26 Å². The SMILES string of the molecule is N#Cc1cc(NC(=O)C2CCN(CCc3ccc4c(c3)COC4=O)CC2)ccc1F. The van der Waals surface area contributed by atoms with Gasteiger partial charge in [-0.05, 0) is 62.2 Å². The standard InChI is InChI=1S/C23H22FN3O3/c24-21-4-2-19(12-17(21)13-25)26-22(28)16-6-9-27(10-7-16)8-5-15-1-3-20-18(11-15)14-30-23(20)29/h1-4,11-12,16H,5-10,14H2,(H,26,28). The monoisotopic (exact) mass is 407 g/mol. The summed E-state index contributed by atoms with van der Waals surface area (Å²) < 4.78 is 18.5. The van der Waals surface area contributed by atoms with Crippen molar-refractivity contribution in [3.05, 3.63) is 64.5 Å². The van der Waals surface area contributed by atoms with Gasteiger partial charge in [0.25, 0.3) is 0 Å². The number of nitrogens with one attached hydrogen (secondary N) is 1. The summed E-state index contributed by atoms with van der Waals surface area (Å²) in [6, 6.07) is 11.7. The Morgan fingerprint density at radius 2 is 2.03 bits per heavy atom. The average molecular weight is 407 g/mol. The second-order valence-electron chi connectivity index (χ2n) is 7.73. The molecule has 1 saturated heterocycles. The molecule has 0 bridgehead atoms. The van der Waals surface area contributed by atoms with Crippen molar-refractivity contribution >= 4 is 17.6 Å². The van der Waals surface area contributed by atoms with Crippen LogP contribution in [-0.2, 0) is 22.6 Å². The number of anilines is 1. The summed E-state index contributed by atoms with van der Waals surface area (Å²) in [5, 5.41) is 11.7. The maximum absolute atomic E-state index is 13.4. The van der Waals surface area contributed by atoms with Crippen molar-refractivity contribution in [3.8, 4) is 6.07 Å². The lowest BCUT2D eigenvalue weighted by atomic mass is 9.95. The summed E-state index contributed by atoms with van der Waals surface area (Å²) in [6.45, 7) is 2.91. The van der Waals surface area contributed by atoms with Gasteiger partial charge in [0.05, 0.1) is 11.1 Å². The molecule has 7 heteroatoms. The Morgan fingerprint density at radius 1 is 1.23 bits per heavy atom. The van der Waals surface area contributed by atoms with E-state index < -0.39 is 5.82 Å². The molecule has 2 aromatic carbocycles. The number of esters is 1. The average Bonchev–Trinajstić information content (AvgIpc) is 3.14. The molecule has 2 aromatic rings. The van der Waals surface area contributed by atoms with Gasteiger partial charge in [0.2, 0.25) is 5.91 Å². The van der Waals surface area contributed by atoms with E-state index in [0.717, 1.165) is 44.5 Å². The number of piperidine rings is 1. The molecule has 1 N–H and O–H groups in total. The van der Waals surface area contributed by atoms with E-state index in [4.69, 9.17) is 10.00 Å². The van der Waals surface area contributed by atoms with Gasteiger partial charge in [-0.15, -0.1) is 0 Å². The third kappa shape index (κ3) is 4.34. The Hall–Kier alpha value is -3.24. The summed E-state index contributed by atoms with van der Waals surface area (Å²) >= 11 is 0. The van der Waals surface area contributed by atoms with Crippen molar-refractivity contribution in [1.29, 1.82) is 5.26 Å². The molecule has 2 heterocycles. The highest BCUT2D eigenvalue weighted by molar-refractivity contribution is 5.93. The number of cyclic esters (lactones) is 1. The van der Waals surface area contributed by atoms with E-state index in [1.807, 2.05) is 18.2 Å². The highest BCUT2D eigenvalue weighted by atomic mass is 19.1. The van der Waals surface area contributed by atoms with E-state index in [-0.39, 0.29) is 23.4 Å². The largest absolute Gasteiger partial charge is 0.457 e. The second kappa shape index (κ2) is 8.64. The second-order valence-corrected chi connectivity index (χ2v) is 7.73. The van der Waals surface area contributed by atoms with Crippen molar-refractivity contribution in [3.63, 3.8) is 0 Å². The van der Waals surface area contributed by atoms with Crippen LogP contribution in [0, 0.1) is 23.1 Å². The Bertz CT molecular complexity index is 1020. The number of halogens is 1. The summed E-state index contributed by atoms with van der Waals surface area (Å²) in [5.74, 6) is -1.03. The van der Waals surface area contributed by atoms with Crippen LogP contribution in [0.5, 0.6) is 0 Å². The molecule has 30 heavy (non-hydrogen) atoms. The number of hydrogen-bond acceptors (Lipinski definition) is 5. The molecule has 0 unspecified atom stereocenters. The van der Waals surface area contributed by atoms with Crippen molar-refractivity contribution in [1.82, 2.24) is 4.90 Å². The smallest absolute Gasteiger partial charge is 0.338 e. The van der Waals surface area contributed by atoms with Crippen LogP contribution >= 0.6 is 0 Å². The summed E-state index contributed by atoms with van der Waals surface area (Å²) in [4.78, 5) is 26.4. The minimum Gasteiger partial charge on any atom is -0.457 e. The predicted molar refractivity (Wildman–Crippen MR) is 108 cm³/mol. The van der Waals surface area contributed by atoms with Crippen LogP contribution in [0.2, 0.25) is 0 Å². The van der Waals surface area contributed by atoms with Gasteiger partial charge in [0, 0.05) is 23.7 Å². The topological polar surface area (TPSA) is 82.4 Å². The predicted octanol–water partition coefficient (Wildman–Crippen LogP) is 3.26. The van der Waals surface area contributed by atoms with Crippen molar-refractivity contribution in [2.45, 2.75) is 25.9 Å². The zero-order chi connectivity index (χ0) is 21.1. The molecule has 4 rings (SSSR count). The Balaban J connectivity index is 1.25. The molecule has 0 aromatic heterocycles. The summed E-state index contributed by atoms with van der Waals surface area (Å²) in [5.41, 5.74) is 3.16. The van der Waals surface area contributed by atoms with Crippen LogP contribution in [0.3, 0.4) is 0 Å². The van der Waals surface area contributed by atoms with E-state index in [2.05, 4.69) is 10.2 Å². The number of carbonyl (C=O) groups is 2. The summed E-state index contributed by atoms with van der Waals surface area (Å²) in [7, 11) is 0. The van der Waals surface area contributed by atoms with E-state index in [1.165, 1.54) is 23.8 Å². The van der Waals surface area contributed by atoms with Gasteiger partial charge < -0.3 is 15.0 Å². The maximum Gasteiger partial charge on any atom is 0.338 e. The molecule has 6 nitrogen and oxygen atoms in total. The first-order chi connectivity index (χ1) is 14.5. The minimum atomic E-state index is -0.591. The van der Waals surface area contributed by atoms with Gasteiger partial charge in [-0.25, -0.2) is 9.18 Å². The van der Waals surface area contributed by atoms with Gasteiger partial charge in [-0.3, -0.25) is 4.79 Å². The number of rotatable bonds is 5. The quantitative estimate of drug-likeness (QED) is 0.770. The maximum atomic E-state index is 13.4. The number of nitrogens with zero attached hydrogens (tertiary/aromatic N) is 2. The fourth-order valence-corrected chi connectivity index (χ4v) is 3.98. The number of amides is 1. The first-order valence-electron chi connectivity index (χ1n) is 10.1. The van der Waals surface area contributed by atoms with Crippen molar-refractivity contribution < 1.29 is 18.7 Å². The molecule has 154 valence electrons. The van der Waals surface area contributed by atoms with Crippen LogP contribution < -0.4 is 5.32 Å². The molecule has 2 aliphatic rings. The fourth-order valence-electron chi connectivity index (χ4n) is 3.98. The molecular formula is C23H22FN3O3. The normalized spacial score (nSPS) is 16.6. The minimum absolute atomic E-state index is 0.0786. The number of ether oxygens (including phenoxy) is 1. The number of likely N-dealkylation sites (tertiary alicyclic amines) is 1. The third-order valence-corrected chi connectivity index (χ3v) is 5.78. The van der Waals surface area contributed by atoms with E-state index in [9.17, 15) is 14.0 Å². The van der Waals surface area contributed by atoms with E-state index in [0.29, 0.717) is 17.9 Å². The lowest BCUT2D eigenvalue weighted by molar-refractivity contribution is -0.121. The molecule has 1 amide bonds. The number of hydrogen-bond donors (Lipinski definition) is 1. The van der Waals surface area contributed by atoms with E-state index >= 15 is 0 Å². The number of fused-ring (bicyclic) bond motifs is 1. The van der Waals surface area contributed by atoms with Gasteiger partial charge in [0.1, 0.15) is 18.5 Å². The van der Waals surface area contributed by atoms with E-state index in [1.54, 1.807) is 6.07 Å². The first-order valence-corrected chi connectivity index (χ1v) is 10.1. The van der Waals surface area contributed by atoms with Crippen LogP contribution in [0.25, 0.3) is 0 Å². The number of carbonyl (C=O) groups excluding carboxylic acids is 2. The highest BCUT2D eigenvalue weighted by Gasteiger charge is 2.25. The number of benzene rings is 2. The molecular weight excluding hydrogens is 385 g/mol. The van der Waals surface area contributed by atoms with Crippen molar-refractivity contribution in [2.24, 2.45) is 5.92 Å². The van der Waals surface area contributed by atoms with Crippen LogP contribution in [0.15, 0.2) is 36.4 Å². The highest BCUT2D eigenvalue weighted by Crippen LogP contribution is 2.23. The Kier molecular flexibility index (Phi) is 5.77. The van der Waals surface area contributed by atoms with Crippen LogP contribution in [0.1, 0.15) is 39.9 Å². The Labute approximate surface area is 174 Å².